The summed E-state index contributed by atoms with van der Waals surface area (Å²) in [5.74, 6) is 0. The van der Waals surface area contributed by atoms with E-state index < -0.39 is 0 Å². The van der Waals surface area contributed by atoms with E-state index >= 15 is 0 Å². The summed E-state index contributed by atoms with van der Waals surface area (Å²) >= 11 is 0. The molecule has 0 spiro atoms. The van der Waals surface area contributed by atoms with E-state index in [2.05, 4.69) is 139 Å². The maximum absolute atomic E-state index is 5.17. The van der Waals surface area contributed by atoms with Gasteiger partial charge >= 0.3 is 0 Å². The standard InChI is InChI=1S/C41H24N6/c1-3-9-25(10-4-1)45-35-14-8-7-13-27(35)28-15-16-29-31-21-32-30(22-37(31)46(40(29)39(28)45)26-11-5-2-6-12-26)33-23-42-20-18-36(33)47-38-24-43-19-17-34(38)44-41(32)47/h1-24H. The molecule has 0 aliphatic heterocycles. The lowest BCUT2D eigenvalue weighted by Gasteiger charge is -2.13. The number of fused-ring (bicyclic) bond motifs is 15. The molecular formula is C41H24N6. The van der Waals surface area contributed by atoms with Crippen LogP contribution in [0, 0.1) is 0 Å². The molecular weight excluding hydrogens is 576 g/mol. The monoisotopic (exact) mass is 600 g/mol. The van der Waals surface area contributed by atoms with Crippen molar-refractivity contribution in [3.63, 3.8) is 0 Å². The minimum absolute atomic E-state index is 0.920. The predicted molar refractivity (Wildman–Crippen MR) is 192 cm³/mol. The highest BCUT2D eigenvalue weighted by atomic mass is 15.1. The molecule has 6 heteroatoms. The lowest BCUT2D eigenvalue weighted by Crippen LogP contribution is -1.98. The maximum atomic E-state index is 5.17. The van der Waals surface area contributed by atoms with E-state index in [1.807, 2.05) is 30.9 Å². The molecule has 0 amide bonds. The van der Waals surface area contributed by atoms with Crippen LogP contribution in [0.4, 0.5) is 0 Å². The van der Waals surface area contributed by atoms with Crippen LogP contribution in [0.2, 0.25) is 0 Å². The van der Waals surface area contributed by atoms with Crippen LogP contribution in [0.1, 0.15) is 0 Å². The molecule has 0 bridgehead atoms. The highest BCUT2D eigenvalue weighted by Gasteiger charge is 2.23. The van der Waals surface area contributed by atoms with Crippen LogP contribution in [-0.4, -0.2) is 28.5 Å². The molecule has 0 radical (unpaired) electrons. The van der Waals surface area contributed by atoms with E-state index in [9.17, 15) is 0 Å². The largest absolute Gasteiger partial charge is 0.307 e. The lowest BCUT2D eigenvalue weighted by molar-refractivity contribution is 1.15. The maximum Gasteiger partial charge on any atom is 0.146 e. The van der Waals surface area contributed by atoms with Crippen molar-refractivity contribution >= 4 is 82.0 Å². The first-order valence-corrected chi connectivity index (χ1v) is 15.8. The average Bonchev–Trinajstić information content (AvgIpc) is 3.80. The molecule has 6 nitrogen and oxygen atoms in total. The first-order chi connectivity index (χ1) is 23.3. The highest BCUT2D eigenvalue weighted by Crippen LogP contribution is 2.44. The van der Waals surface area contributed by atoms with Gasteiger partial charge in [-0.2, -0.15) is 0 Å². The number of para-hydroxylation sites is 3. The molecule has 11 aromatic rings. The normalized spacial score (nSPS) is 12.3. The van der Waals surface area contributed by atoms with Gasteiger partial charge in [0, 0.05) is 62.3 Å². The topological polar surface area (TPSA) is 52.9 Å². The van der Waals surface area contributed by atoms with Crippen molar-refractivity contribution in [3.05, 3.63) is 146 Å². The fourth-order valence-electron chi connectivity index (χ4n) is 7.83. The van der Waals surface area contributed by atoms with Gasteiger partial charge in [-0.3, -0.25) is 14.4 Å². The zero-order valence-electron chi connectivity index (χ0n) is 25.0. The minimum Gasteiger partial charge on any atom is -0.307 e. The zero-order valence-corrected chi connectivity index (χ0v) is 25.0. The second-order valence-corrected chi connectivity index (χ2v) is 12.2. The van der Waals surface area contributed by atoms with Gasteiger partial charge in [0.2, 0.25) is 0 Å². The molecule has 0 fully saturated rings. The van der Waals surface area contributed by atoms with Crippen LogP contribution in [-0.2, 0) is 0 Å². The summed E-state index contributed by atoms with van der Waals surface area (Å²) in [5, 5.41) is 8.12. The number of pyridine rings is 3. The SMILES string of the molecule is c1ccc(-n2c3ccccc3c3ccc4c5cc6c(cc5n(-c5ccccc5)c4c32)c2cnccc2n2c3cnccc3nc62)cc1. The lowest BCUT2D eigenvalue weighted by atomic mass is 10.0. The number of nitrogens with zero attached hydrogens (tertiary/aromatic N) is 6. The third kappa shape index (κ3) is 3.21. The summed E-state index contributed by atoms with van der Waals surface area (Å²) < 4.78 is 7.11. The quantitative estimate of drug-likeness (QED) is 0.186. The number of rotatable bonds is 2. The Balaban J connectivity index is 1.42. The van der Waals surface area contributed by atoms with Gasteiger partial charge in [-0.25, -0.2) is 4.98 Å². The smallest absolute Gasteiger partial charge is 0.146 e. The van der Waals surface area contributed by atoms with Gasteiger partial charge in [-0.1, -0.05) is 66.7 Å². The Morgan fingerprint density at radius 2 is 1.06 bits per heavy atom. The van der Waals surface area contributed by atoms with E-state index in [-0.39, 0.29) is 0 Å². The molecule has 6 heterocycles. The Morgan fingerprint density at radius 3 is 1.85 bits per heavy atom. The zero-order chi connectivity index (χ0) is 30.6. The van der Waals surface area contributed by atoms with E-state index in [0.29, 0.717) is 0 Å². The van der Waals surface area contributed by atoms with Gasteiger partial charge in [0.15, 0.2) is 0 Å². The molecule has 0 atom stereocenters. The second kappa shape index (κ2) is 9.02. The Morgan fingerprint density at radius 1 is 0.404 bits per heavy atom. The Kier molecular flexibility index (Phi) is 4.75. The van der Waals surface area contributed by atoms with Crippen LogP contribution < -0.4 is 0 Å². The fourth-order valence-corrected chi connectivity index (χ4v) is 7.83. The summed E-state index contributed by atoms with van der Waals surface area (Å²) in [6.07, 6.45) is 7.55. The number of hydrogen-bond acceptors (Lipinski definition) is 3. The van der Waals surface area contributed by atoms with Gasteiger partial charge in [-0.15, -0.1) is 0 Å². The van der Waals surface area contributed by atoms with Crippen LogP contribution in [0.3, 0.4) is 0 Å². The van der Waals surface area contributed by atoms with Crippen molar-refractivity contribution in [2.75, 3.05) is 0 Å². The van der Waals surface area contributed by atoms with E-state index in [0.717, 1.165) is 55.2 Å². The first-order valence-electron chi connectivity index (χ1n) is 15.8. The van der Waals surface area contributed by atoms with Crippen molar-refractivity contribution in [2.45, 2.75) is 0 Å². The van der Waals surface area contributed by atoms with Crippen molar-refractivity contribution in [2.24, 2.45) is 0 Å². The molecule has 5 aromatic carbocycles. The van der Waals surface area contributed by atoms with Gasteiger partial charge in [0.05, 0.1) is 44.8 Å². The fraction of sp³-hybridized carbons (Fsp3) is 0. The summed E-state index contributed by atoms with van der Waals surface area (Å²) in [5.41, 5.74) is 10.8. The molecule has 0 N–H and O–H groups in total. The van der Waals surface area contributed by atoms with Crippen LogP contribution >= 0.6 is 0 Å². The highest BCUT2D eigenvalue weighted by molar-refractivity contribution is 6.27. The van der Waals surface area contributed by atoms with Gasteiger partial charge in [-0.05, 0) is 60.0 Å². The number of imidazole rings is 1. The van der Waals surface area contributed by atoms with Gasteiger partial charge < -0.3 is 9.13 Å². The average molecular weight is 601 g/mol. The van der Waals surface area contributed by atoms with E-state index in [4.69, 9.17) is 4.98 Å². The summed E-state index contributed by atoms with van der Waals surface area (Å²) in [6.45, 7) is 0. The van der Waals surface area contributed by atoms with Gasteiger partial charge in [0.25, 0.3) is 0 Å². The van der Waals surface area contributed by atoms with E-state index in [1.165, 1.54) is 38.1 Å². The molecule has 6 aromatic heterocycles. The summed E-state index contributed by atoms with van der Waals surface area (Å²) in [6, 6.07) is 43.5. The van der Waals surface area contributed by atoms with Gasteiger partial charge in [0.1, 0.15) is 5.65 Å². The predicted octanol–water partition coefficient (Wildman–Crippen LogP) is 9.78. The number of benzene rings is 5. The molecule has 0 aliphatic carbocycles. The Bertz CT molecular complexity index is 3060. The van der Waals surface area contributed by atoms with E-state index in [1.54, 1.807) is 0 Å². The molecule has 0 saturated carbocycles. The Labute approximate surface area is 267 Å². The van der Waals surface area contributed by atoms with Crippen LogP contribution in [0.25, 0.3) is 93.3 Å². The van der Waals surface area contributed by atoms with Crippen molar-refractivity contribution in [1.82, 2.24) is 28.5 Å². The minimum atomic E-state index is 0.920. The number of hydrogen-bond donors (Lipinski definition) is 0. The van der Waals surface area contributed by atoms with Crippen molar-refractivity contribution < 1.29 is 0 Å². The first kappa shape index (κ1) is 24.8. The second-order valence-electron chi connectivity index (χ2n) is 12.2. The Hall–Kier alpha value is -6.53. The molecule has 218 valence electrons. The molecule has 0 aliphatic rings. The molecule has 11 rings (SSSR count). The molecule has 0 unspecified atom stereocenters. The summed E-state index contributed by atoms with van der Waals surface area (Å²) in [4.78, 5) is 14.2. The van der Waals surface area contributed by atoms with Crippen LogP contribution in [0.5, 0.6) is 0 Å². The molecule has 47 heavy (non-hydrogen) atoms. The third-order valence-electron chi connectivity index (χ3n) is 9.76. The van der Waals surface area contributed by atoms with Crippen molar-refractivity contribution in [1.29, 1.82) is 0 Å². The number of aromatic nitrogens is 6. The molecule has 0 saturated heterocycles. The summed E-state index contributed by atoms with van der Waals surface area (Å²) in [7, 11) is 0. The van der Waals surface area contributed by atoms with Crippen LogP contribution in [0.15, 0.2) is 146 Å². The third-order valence-corrected chi connectivity index (χ3v) is 9.76. The van der Waals surface area contributed by atoms with Crippen molar-refractivity contribution in [3.8, 4) is 11.4 Å².